The Kier molecular flexibility index (Phi) is 5.23. The zero-order valence-corrected chi connectivity index (χ0v) is 15.9. The van der Waals surface area contributed by atoms with Crippen molar-refractivity contribution in [1.29, 1.82) is 0 Å². The van der Waals surface area contributed by atoms with Gasteiger partial charge in [-0.2, -0.15) is 0 Å². The van der Waals surface area contributed by atoms with Gasteiger partial charge in [0.05, 0.1) is 17.2 Å². The molecule has 30 heavy (non-hydrogen) atoms. The van der Waals surface area contributed by atoms with E-state index < -0.39 is 41.1 Å². The number of aliphatic hydroxyl groups excluding tert-OH is 1. The lowest BCUT2D eigenvalue weighted by Gasteiger charge is -2.10. The number of benzene rings is 2. The van der Waals surface area contributed by atoms with Gasteiger partial charge in [0, 0.05) is 29.5 Å². The first kappa shape index (κ1) is 20.0. The lowest BCUT2D eigenvalue weighted by molar-refractivity contribution is 0.281. The Hall–Kier alpha value is -3.30. The maximum atomic E-state index is 14.4. The van der Waals surface area contributed by atoms with Crippen molar-refractivity contribution in [3.05, 3.63) is 93.4 Å². The van der Waals surface area contributed by atoms with Crippen LogP contribution in [0.15, 0.2) is 59.5 Å². The molecule has 2 aromatic heterocycles. The number of nitrogens with zero attached hydrogens (tertiary/aromatic N) is 2. The second kappa shape index (κ2) is 7.85. The quantitative estimate of drug-likeness (QED) is 0.477. The van der Waals surface area contributed by atoms with Gasteiger partial charge >= 0.3 is 0 Å². The Balaban J connectivity index is 1.94. The van der Waals surface area contributed by atoms with Crippen LogP contribution in [0.4, 0.5) is 17.6 Å². The minimum absolute atomic E-state index is 0.0402. The molecule has 152 valence electrons. The molecule has 0 saturated carbocycles. The van der Waals surface area contributed by atoms with Crippen LogP contribution in [-0.4, -0.2) is 14.7 Å². The summed E-state index contributed by atoms with van der Waals surface area (Å²) in [6, 6.07) is 8.71. The van der Waals surface area contributed by atoms with Crippen LogP contribution in [0.3, 0.4) is 0 Å². The molecule has 0 fully saturated rings. The van der Waals surface area contributed by atoms with Crippen molar-refractivity contribution in [2.24, 2.45) is 0 Å². The second-order valence-electron chi connectivity index (χ2n) is 6.26. The zero-order chi connectivity index (χ0) is 21.4. The molecule has 0 bridgehead atoms. The molecule has 9 heteroatoms. The predicted octanol–water partition coefficient (Wildman–Crippen LogP) is 4.68. The molecule has 4 rings (SSSR count). The number of thiazole rings is 1. The van der Waals surface area contributed by atoms with E-state index in [1.807, 2.05) is 0 Å². The number of pyridine rings is 1. The van der Waals surface area contributed by atoms with Gasteiger partial charge in [-0.25, -0.2) is 22.5 Å². The third kappa shape index (κ3) is 3.53. The van der Waals surface area contributed by atoms with E-state index in [-0.39, 0.29) is 26.7 Å². The summed E-state index contributed by atoms with van der Waals surface area (Å²) in [5.41, 5.74) is -0.767. The molecular weight excluding hydrogens is 420 g/mol. The first-order valence-electron chi connectivity index (χ1n) is 8.62. The molecule has 0 aliphatic rings. The van der Waals surface area contributed by atoms with E-state index in [1.165, 1.54) is 24.4 Å². The van der Waals surface area contributed by atoms with Crippen molar-refractivity contribution >= 4 is 11.3 Å². The predicted molar refractivity (Wildman–Crippen MR) is 104 cm³/mol. The fourth-order valence-electron chi connectivity index (χ4n) is 3.00. The zero-order valence-electron chi connectivity index (χ0n) is 15.1. The molecular formula is C21H12F4N2O2S. The van der Waals surface area contributed by atoms with E-state index >= 15 is 0 Å². The molecule has 0 amide bonds. The third-order valence-corrected chi connectivity index (χ3v) is 5.42. The van der Waals surface area contributed by atoms with Gasteiger partial charge in [0.1, 0.15) is 34.0 Å². The van der Waals surface area contributed by atoms with Crippen molar-refractivity contribution in [3.63, 3.8) is 0 Å². The molecule has 0 aliphatic heterocycles. The van der Waals surface area contributed by atoms with E-state index in [4.69, 9.17) is 0 Å². The van der Waals surface area contributed by atoms with Crippen LogP contribution in [0.1, 0.15) is 5.01 Å². The number of hydrogen-bond acceptors (Lipinski definition) is 4. The summed E-state index contributed by atoms with van der Waals surface area (Å²) >= 11 is 0.981. The molecule has 0 spiro atoms. The number of rotatable bonds is 4. The molecule has 2 heterocycles. The maximum Gasteiger partial charge on any atom is 0.255 e. The van der Waals surface area contributed by atoms with Crippen molar-refractivity contribution in [2.75, 3.05) is 0 Å². The largest absolute Gasteiger partial charge is 0.389 e. The molecule has 4 aromatic rings. The number of aliphatic hydroxyl groups is 1. The summed E-state index contributed by atoms with van der Waals surface area (Å²) in [7, 11) is 0. The van der Waals surface area contributed by atoms with Crippen LogP contribution in [-0.2, 0) is 6.61 Å². The highest BCUT2D eigenvalue weighted by Gasteiger charge is 2.20. The third-order valence-electron chi connectivity index (χ3n) is 4.35. The van der Waals surface area contributed by atoms with Gasteiger partial charge in [0.25, 0.3) is 5.56 Å². The molecule has 0 aliphatic carbocycles. The smallest absolute Gasteiger partial charge is 0.255 e. The monoisotopic (exact) mass is 432 g/mol. The van der Waals surface area contributed by atoms with Crippen molar-refractivity contribution in [3.8, 4) is 27.4 Å². The minimum Gasteiger partial charge on any atom is -0.389 e. The van der Waals surface area contributed by atoms with Crippen LogP contribution in [0, 0.1) is 23.3 Å². The number of hydrogen-bond donors (Lipinski definition) is 1. The summed E-state index contributed by atoms with van der Waals surface area (Å²) < 4.78 is 56.9. The van der Waals surface area contributed by atoms with Gasteiger partial charge < -0.3 is 5.11 Å². The summed E-state index contributed by atoms with van der Waals surface area (Å²) in [5.74, 6) is -3.46. The van der Waals surface area contributed by atoms with Crippen LogP contribution in [0.25, 0.3) is 27.4 Å². The fraction of sp³-hybridized carbons (Fsp3) is 0.0476. The van der Waals surface area contributed by atoms with Crippen molar-refractivity contribution in [2.45, 2.75) is 6.61 Å². The number of para-hydroxylation sites is 1. The molecule has 0 saturated heterocycles. The molecule has 0 unspecified atom stereocenters. The Bertz CT molecular complexity index is 1300. The van der Waals surface area contributed by atoms with E-state index in [9.17, 15) is 27.5 Å². The molecule has 0 atom stereocenters. The van der Waals surface area contributed by atoms with E-state index in [0.29, 0.717) is 6.07 Å². The Morgan fingerprint density at radius 3 is 2.37 bits per heavy atom. The van der Waals surface area contributed by atoms with Gasteiger partial charge in [-0.3, -0.25) is 9.36 Å². The average Bonchev–Trinajstić information content (AvgIpc) is 3.13. The van der Waals surface area contributed by atoms with Crippen molar-refractivity contribution in [1.82, 2.24) is 9.55 Å². The maximum absolute atomic E-state index is 14.4. The molecule has 2 aromatic carbocycles. The van der Waals surface area contributed by atoms with Gasteiger partial charge in [0.15, 0.2) is 0 Å². The highest BCUT2D eigenvalue weighted by atomic mass is 32.1. The van der Waals surface area contributed by atoms with Gasteiger partial charge in [-0.05, 0) is 30.3 Å². The highest BCUT2D eigenvalue weighted by Crippen LogP contribution is 2.38. The lowest BCUT2D eigenvalue weighted by Crippen LogP contribution is -2.19. The van der Waals surface area contributed by atoms with Gasteiger partial charge in [-0.1, -0.05) is 6.07 Å². The summed E-state index contributed by atoms with van der Waals surface area (Å²) in [6.07, 6.45) is 1.19. The minimum atomic E-state index is -0.937. The van der Waals surface area contributed by atoms with Crippen LogP contribution < -0.4 is 5.56 Å². The second-order valence-corrected chi connectivity index (χ2v) is 7.35. The summed E-state index contributed by atoms with van der Waals surface area (Å²) in [6.45, 7) is -0.429. The van der Waals surface area contributed by atoms with E-state index in [1.54, 1.807) is 0 Å². The van der Waals surface area contributed by atoms with E-state index in [2.05, 4.69) is 4.98 Å². The number of halogens is 4. The van der Waals surface area contributed by atoms with E-state index in [0.717, 1.165) is 40.2 Å². The van der Waals surface area contributed by atoms with Crippen LogP contribution in [0.2, 0.25) is 0 Å². The van der Waals surface area contributed by atoms with Crippen LogP contribution in [0.5, 0.6) is 0 Å². The first-order valence-corrected chi connectivity index (χ1v) is 9.44. The average molecular weight is 432 g/mol. The van der Waals surface area contributed by atoms with Gasteiger partial charge in [0.2, 0.25) is 0 Å². The number of aromatic nitrogens is 2. The SMILES string of the molecule is O=c1ccc(-c2nc(CO)sc2-c2ccc(F)cc2F)cn1-c1c(F)cccc1F. The van der Waals surface area contributed by atoms with Gasteiger partial charge in [-0.15, -0.1) is 11.3 Å². The molecule has 1 N–H and O–H groups in total. The summed E-state index contributed by atoms with van der Waals surface area (Å²) in [5, 5.41) is 9.72. The van der Waals surface area contributed by atoms with Crippen LogP contribution >= 0.6 is 11.3 Å². The normalized spacial score (nSPS) is 11.1. The standard InChI is InChI=1S/C21H12F4N2O2S/c22-12-5-6-13(16(25)8-12)21-19(26-17(10-28)30-21)11-4-7-18(29)27(9-11)20-14(23)2-1-3-15(20)24/h1-9,28H,10H2. The molecule has 4 nitrogen and oxygen atoms in total. The summed E-state index contributed by atoms with van der Waals surface area (Å²) in [4.78, 5) is 16.8. The Morgan fingerprint density at radius 2 is 1.70 bits per heavy atom. The first-order chi connectivity index (χ1) is 14.4. The fourth-order valence-corrected chi connectivity index (χ4v) is 3.98. The lowest BCUT2D eigenvalue weighted by atomic mass is 10.1. The topological polar surface area (TPSA) is 55.1 Å². The Labute approximate surface area is 171 Å². The van der Waals surface area contributed by atoms with Crippen molar-refractivity contribution < 1.29 is 22.7 Å². The Morgan fingerprint density at radius 1 is 0.967 bits per heavy atom. The molecule has 0 radical (unpaired) electrons. The highest BCUT2D eigenvalue weighted by molar-refractivity contribution is 7.15.